The van der Waals surface area contributed by atoms with Crippen molar-refractivity contribution in [1.82, 2.24) is 9.88 Å². The lowest BCUT2D eigenvalue weighted by Crippen LogP contribution is -2.34. The van der Waals surface area contributed by atoms with Gasteiger partial charge in [-0.2, -0.15) is 0 Å². The second-order valence-electron chi connectivity index (χ2n) is 7.23. The summed E-state index contributed by atoms with van der Waals surface area (Å²) in [6.07, 6.45) is 4.26. The van der Waals surface area contributed by atoms with Crippen molar-refractivity contribution in [1.29, 1.82) is 0 Å². The highest BCUT2D eigenvalue weighted by Crippen LogP contribution is 2.18. The van der Waals surface area contributed by atoms with Crippen LogP contribution in [0.25, 0.3) is 0 Å². The molecule has 1 N–H and O–H groups in total. The van der Waals surface area contributed by atoms with Crippen molar-refractivity contribution in [3.63, 3.8) is 0 Å². The van der Waals surface area contributed by atoms with Crippen molar-refractivity contribution in [2.24, 2.45) is 5.92 Å². The van der Waals surface area contributed by atoms with Crippen LogP contribution in [0.15, 0.2) is 41.3 Å². The van der Waals surface area contributed by atoms with Crippen molar-refractivity contribution in [2.75, 3.05) is 13.7 Å². The summed E-state index contributed by atoms with van der Waals surface area (Å²) in [5.41, 5.74) is 1.86. The average Bonchev–Trinajstić information content (AvgIpc) is 2.64. The molecule has 146 valence electrons. The molecule has 1 heterocycles. The minimum absolute atomic E-state index is 0.210. The number of hydrogen-bond acceptors (Lipinski definition) is 3. The summed E-state index contributed by atoms with van der Waals surface area (Å²) >= 11 is 0. The van der Waals surface area contributed by atoms with Gasteiger partial charge in [0.25, 0.3) is 11.5 Å². The van der Waals surface area contributed by atoms with Crippen molar-refractivity contribution in [3.8, 4) is 5.75 Å². The summed E-state index contributed by atoms with van der Waals surface area (Å²) < 4.78 is 6.98. The number of amides is 1. The summed E-state index contributed by atoms with van der Waals surface area (Å²) in [4.78, 5) is 25.2. The van der Waals surface area contributed by atoms with Crippen LogP contribution in [0.5, 0.6) is 5.75 Å². The van der Waals surface area contributed by atoms with Gasteiger partial charge in [-0.25, -0.2) is 0 Å². The molecule has 0 saturated carbocycles. The van der Waals surface area contributed by atoms with E-state index in [1.165, 1.54) is 0 Å². The molecule has 5 heteroatoms. The van der Waals surface area contributed by atoms with Gasteiger partial charge in [0, 0.05) is 19.3 Å². The summed E-state index contributed by atoms with van der Waals surface area (Å²) in [6.45, 7) is 7.18. The third-order valence-electron chi connectivity index (χ3n) is 4.65. The Hall–Kier alpha value is -2.56. The van der Waals surface area contributed by atoms with E-state index < -0.39 is 0 Å². The maximum Gasteiger partial charge on any atom is 0.263 e. The third-order valence-corrected chi connectivity index (χ3v) is 4.65. The van der Waals surface area contributed by atoms with Crippen molar-refractivity contribution in [2.45, 2.75) is 46.6 Å². The first kappa shape index (κ1) is 20.7. The highest BCUT2D eigenvalue weighted by Gasteiger charge is 2.15. The standard InChI is InChI=1S/C22H30N2O3/c1-16(2)11-14-24-15-12-17(3)20(22(24)26)21(25)23-13-7-9-18-8-5-6-10-19(18)27-4/h5-6,8,10,12,15-16H,7,9,11,13-14H2,1-4H3,(H,23,25). The molecule has 1 aromatic heterocycles. The number of carbonyl (C=O) groups excluding carboxylic acids is 1. The van der Waals surface area contributed by atoms with E-state index in [9.17, 15) is 9.59 Å². The predicted octanol–water partition coefficient (Wildman–Crippen LogP) is 3.57. The number of aromatic nitrogens is 1. The van der Waals surface area contributed by atoms with Gasteiger partial charge in [-0.3, -0.25) is 9.59 Å². The first-order valence-corrected chi connectivity index (χ1v) is 9.54. The molecule has 27 heavy (non-hydrogen) atoms. The monoisotopic (exact) mass is 370 g/mol. The van der Waals surface area contributed by atoms with Crippen LogP contribution in [0.1, 0.15) is 48.2 Å². The number of methoxy groups -OCH3 is 1. The fourth-order valence-corrected chi connectivity index (χ4v) is 2.99. The Labute approximate surface area is 161 Å². The molecular formula is C22H30N2O3. The van der Waals surface area contributed by atoms with E-state index in [0.717, 1.165) is 30.6 Å². The molecule has 1 aromatic carbocycles. The maximum atomic E-state index is 12.7. The van der Waals surface area contributed by atoms with Crippen LogP contribution < -0.4 is 15.6 Å². The van der Waals surface area contributed by atoms with E-state index >= 15 is 0 Å². The Morgan fingerprint density at radius 3 is 2.67 bits per heavy atom. The van der Waals surface area contributed by atoms with Gasteiger partial charge < -0.3 is 14.6 Å². The van der Waals surface area contributed by atoms with Gasteiger partial charge in [-0.05, 0) is 55.4 Å². The van der Waals surface area contributed by atoms with Gasteiger partial charge in [-0.1, -0.05) is 32.0 Å². The van der Waals surface area contributed by atoms with Crippen molar-refractivity contribution in [3.05, 3.63) is 63.6 Å². The number of aryl methyl sites for hydroxylation is 3. The Morgan fingerprint density at radius 1 is 1.22 bits per heavy atom. The number of carbonyl (C=O) groups is 1. The summed E-state index contributed by atoms with van der Waals surface area (Å²) in [5, 5.41) is 2.89. The van der Waals surface area contributed by atoms with Crippen LogP contribution in [0.2, 0.25) is 0 Å². The average molecular weight is 370 g/mol. The Balaban J connectivity index is 1.97. The molecule has 0 spiro atoms. The van der Waals surface area contributed by atoms with E-state index in [2.05, 4.69) is 19.2 Å². The maximum absolute atomic E-state index is 12.7. The molecule has 2 aromatic rings. The van der Waals surface area contributed by atoms with E-state index in [0.29, 0.717) is 24.6 Å². The zero-order valence-corrected chi connectivity index (χ0v) is 16.7. The second kappa shape index (κ2) is 9.95. The van der Waals surface area contributed by atoms with Crippen LogP contribution in [0, 0.1) is 12.8 Å². The van der Waals surface area contributed by atoms with Gasteiger partial charge >= 0.3 is 0 Å². The number of ether oxygens (including phenoxy) is 1. The van der Waals surface area contributed by atoms with Gasteiger partial charge in [0.05, 0.1) is 7.11 Å². The number of pyridine rings is 1. The van der Waals surface area contributed by atoms with Gasteiger partial charge in [0.15, 0.2) is 0 Å². The van der Waals surface area contributed by atoms with Crippen LogP contribution in [0.3, 0.4) is 0 Å². The molecule has 0 aliphatic rings. The Kier molecular flexibility index (Phi) is 7.65. The molecule has 0 aliphatic carbocycles. The predicted molar refractivity (Wildman–Crippen MR) is 109 cm³/mol. The fourth-order valence-electron chi connectivity index (χ4n) is 2.99. The highest BCUT2D eigenvalue weighted by molar-refractivity contribution is 5.95. The Morgan fingerprint density at radius 2 is 1.96 bits per heavy atom. The highest BCUT2D eigenvalue weighted by atomic mass is 16.5. The molecule has 2 rings (SSSR count). The fraction of sp³-hybridized carbons (Fsp3) is 0.455. The van der Waals surface area contributed by atoms with Crippen LogP contribution >= 0.6 is 0 Å². The minimum Gasteiger partial charge on any atom is -0.496 e. The van der Waals surface area contributed by atoms with Crippen LogP contribution in [0.4, 0.5) is 0 Å². The first-order chi connectivity index (χ1) is 12.9. The van der Waals surface area contributed by atoms with Crippen LogP contribution in [-0.4, -0.2) is 24.1 Å². The van der Waals surface area contributed by atoms with E-state index in [1.807, 2.05) is 30.3 Å². The first-order valence-electron chi connectivity index (χ1n) is 9.54. The van der Waals surface area contributed by atoms with Crippen molar-refractivity contribution < 1.29 is 9.53 Å². The quantitative estimate of drug-likeness (QED) is 0.687. The van der Waals surface area contributed by atoms with Crippen LogP contribution in [-0.2, 0) is 13.0 Å². The molecule has 5 nitrogen and oxygen atoms in total. The Bertz CT molecular complexity index is 825. The summed E-state index contributed by atoms with van der Waals surface area (Å²) in [6, 6.07) is 9.71. The number of para-hydroxylation sites is 1. The van der Waals surface area contributed by atoms with E-state index in [4.69, 9.17) is 4.74 Å². The molecule has 0 unspecified atom stereocenters. The molecule has 0 atom stereocenters. The molecule has 0 aliphatic heterocycles. The molecule has 0 saturated heterocycles. The number of hydrogen-bond donors (Lipinski definition) is 1. The third kappa shape index (κ3) is 5.71. The number of rotatable bonds is 9. The largest absolute Gasteiger partial charge is 0.496 e. The van der Waals surface area contributed by atoms with E-state index in [1.54, 1.807) is 24.8 Å². The normalized spacial score (nSPS) is 10.9. The molecular weight excluding hydrogens is 340 g/mol. The lowest BCUT2D eigenvalue weighted by Gasteiger charge is -2.12. The van der Waals surface area contributed by atoms with Gasteiger partial charge in [-0.15, -0.1) is 0 Å². The topological polar surface area (TPSA) is 60.3 Å². The lowest BCUT2D eigenvalue weighted by atomic mass is 10.1. The second-order valence-corrected chi connectivity index (χ2v) is 7.23. The zero-order chi connectivity index (χ0) is 19.8. The SMILES string of the molecule is COc1ccccc1CCCNC(=O)c1c(C)ccn(CCC(C)C)c1=O. The number of nitrogens with zero attached hydrogens (tertiary/aromatic N) is 1. The minimum atomic E-state index is -0.295. The molecule has 0 bridgehead atoms. The van der Waals surface area contributed by atoms with Gasteiger partial charge in [0.2, 0.25) is 0 Å². The summed E-state index contributed by atoms with van der Waals surface area (Å²) in [7, 11) is 1.66. The van der Waals surface area contributed by atoms with Crippen molar-refractivity contribution >= 4 is 5.91 Å². The van der Waals surface area contributed by atoms with E-state index in [-0.39, 0.29) is 17.0 Å². The molecule has 0 radical (unpaired) electrons. The molecule has 0 fully saturated rings. The number of benzene rings is 1. The summed E-state index contributed by atoms with van der Waals surface area (Å²) in [5.74, 6) is 1.07. The lowest BCUT2D eigenvalue weighted by molar-refractivity contribution is 0.0950. The molecule has 1 amide bonds. The smallest absolute Gasteiger partial charge is 0.263 e. The van der Waals surface area contributed by atoms with Gasteiger partial charge in [0.1, 0.15) is 11.3 Å². The zero-order valence-electron chi connectivity index (χ0n) is 16.7. The number of nitrogens with one attached hydrogen (secondary N) is 1.